The molecule has 0 fully saturated rings. The third kappa shape index (κ3) is 4.12. The smallest absolute Gasteiger partial charge is 0.221 e. The number of carbonyl (C=O) groups is 1. The number of aryl methyl sites for hydroxylation is 1. The molecule has 0 radical (unpaired) electrons. The fourth-order valence-corrected chi connectivity index (χ4v) is 1.25. The molecule has 1 aromatic heterocycles. The zero-order chi connectivity index (χ0) is 11.3. The normalized spacial score (nSPS) is 12.7. The molecule has 0 aliphatic carbocycles. The predicted molar refractivity (Wildman–Crippen MR) is 58.1 cm³/mol. The Hall–Kier alpha value is -1.36. The minimum absolute atomic E-state index is 0.112. The van der Waals surface area contributed by atoms with Crippen molar-refractivity contribution in [3.05, 3.63) is 18.0 Å². The lowest BCUT2D eigenvalue weighted by Crippen LogP contribution is -2.31. The van der Waals surface area contributed by atoms with Gasteiger partial charge in [-0.15, -0.1) is 0 Å². The summed E-state index contributed by atoms with van der Waals surface area (Å²) in [6.07, 6.45) is 4.75. The molecule has 0 aromatic carbocycles. The minimum Gasteiger partial charge on any atom is -0.369 e. The summed E-state index contributed by atoms with van der Waals surface area (Å²) in [5.74, 6) is -0.372. The zero-order valence-corrected chi connectivity index (χ0v) is 9.23. The highest BCUT2D eigenvalue weighted by atomic mass is 16.1. The van der Waals surface area contributed by atoms with Crippen LogP contribution in [0.1, 0.15) is 12.5 Å². The Morgan fingerprint density at radius 2 is 2.47 bits per heavy atom. The van der Waals surface area contributed by atoms with Crippen molar-refractivity contribution in [2.45, 2.75) is 13.3 Å². The number of aromatic nitrogens is 2. The van der Waals surface area contributed by atoms with E-state index in [2.05, 4.69) is 10.4 Å². The molecule has 0 spiro atoms. The van der Waals surface area contributed by atoms with E-state index in [1.807, 2.05) is 26.4 Å². The second-order valence-electron chi connectivity index (χ2n) is 3.78. The van der Waals surface area contributed by atoms with Crippen molar-refractivity contribution in [3.63, 3.8) is 0 Å². The van der Waals surface area contributed by atoms with Crippen LogP contribution in [0, 0.1) is 5.92 Å². The molecule has 15 heavy (non-hydrogen) atoms. The Morgan fingerprint density at radius 3 is 3.00 bits per heavy atom. The van der Waals surface area contributed by atoms with Gasteiger partial charge in [0.25, 0.3) is 0 Å². The van der Waals surface area contributed by atoms with Gasteiger partial charge < -0.3 is 11.1 Å². The van der Waals surface area contributed by atoms with E-state index in [9.17, 15) is 4.79 Å². The molecular weight excluding hydrogens is 192 g/mol. The number of nitrogens with zero attached hydrogens (tertiary/aromatic N) is 2. The average Bonchev–Trinajstić information content (AvgIpc) is 2.58. The summed E-state index contributed by atoms with van der Waals surface area (Å²) >= 11 is 0. The quantitative estimate of drug-likeness (QED) is 0.632. The van der Waals surface area contributed by atoms with Gasteiger partial charge in [-0.1, -0.05) is 6.92 Å². The first-order valence-electron chi connectivity index (χ1n) is 5.07. The molecule has 1 heterocycles. The molecule has 1 rings (SSSR count). The number of hydrogen-bond donors (Lipinski definition) is 2. The van der Waals surface area contributed by atoms with Crippen LogP contribution >= 0.6 is 0 Å². The molecule has 1 atom stereocenters. The van der Waals surface area contributed by atoms with Crippen molar-refractivity contribution < 1.29 is 4.79 Å². The van der Waals surface area contributed by atoms with Gasteiger partial charge in [-0.2, -0.15) is 5.10 Å². The number of primary amides is 1. The fraction of sp³-hybridized carbons (Fsp3) is 0.600. The van der Waals surface area contributed by atoms with E-state index < -0.39 is 0 Å². The molecule has 1 amide bonds. The van der Waals surface area contributed by atoms with Gasteiger partial charge in [-0.05, 0) is 18.5 Å². The molecule has 3 N–H and O–H groups in total. The molecule has 0 saturated heterocycles. The Morgan fingerprint density at radius 1 is 1.73 bits per heavy atom. The highest BCUT2D eigenvalue weighted by Crippen LogP contribution is 1.96. The van der Waals surface area contributed by atoms with Gasteiger partial charge in [0.1, 0.15) is 0 Å². The molecule has 0 aliphatic heterocycles. The average molecular weight is 210 g/mol. The Balaban J connectivity index is 2.14. The molecule has 84 valence electrons. The lowest BCUT2D eigenvalue weighted by atomic mass is 10.1. The standard InChI is InChI=1S/C10H18N4O/c1-8(10(11)15)5-12-4-3-9-6-13-14(2)7-9/h6-8,12H,3-5H2,1-2H3,(H2,11,15). The summed E-state index contributed by atoms with van der Waals surface area (Å²) in [7, 11) is 1.89. The molecule has 5 nitrogen and oxygen atoms in total. The molecule has 0 aliphatic rings. The van der Waals surface area contributed by atoms with Crippen molar-refractivity contribution in [1.29, 1.82) is 0 Å². The van der Waals surface area contributed by atoms with Crippen LogP contribution in [-0.4, -0.2) is 28.8 Å². The topological polar surface area (TPSA) is 72.9 Å². The van der Waals surface area contributed by atoms with Gasteiger partial charge in [-0.25, -0.2) is 0 Å². The first-order chi connectivity index (χ1) is 7.09. The maximum Gasteiger partial charge on any atom is 0.221 e. The van der Waals surface area contributed by atoms with E-state index in [-0.39, 0.29) is 11.8 Å². The Labute approximate surface area is 89.6 Å². The van der Waals surface area contributed by atoms with Crippen LogP contribution in [0.15, 0.2) is 12.4 Å². The monoisotopic (exact) mass is 210 g/mol. The summed E-state index contributed by atoms with van der Waals surface area (Å²) in [5.41, 5.74) is 6.33. The maximum atomic E-state index is 10.7. The van der Waals surface area contributed by atoms with Crippen molar-refractivity contribution >= 4 is 5.91 Å². The van der Waals surface area contributed by atoms with Crippen LogP contribution < -0.4 is 11.1 Å². The largest absolute Gasteiger partial charge is 0.369 e. The Kier molecular flexibility index (Phi) is 4.30. The second kappa shape index (κ2) is 5.50. The van der Waals surface area contributed by atoms with Crippen LogP contribution in [-0.2, 0) is 18.3 Å². The molecule has 0 bridgehead atoms. The van der Waals surface area contributed by atoms with Gasteiger partial charge in [0.05, 0.1) is 6.20 Å². The fourth-order valence-electron chi connectivity index (χ4n) is 1.25. The van der Waals surface area contributed by atoms with E-state index >= 15 is 0 Å². The van der Waals surface area contributed by atoms with E-state index in [0.29, 0.717) is 6.54 Å². The van der Waals surface area contributed by atoms with E-state index in [0.717, 1.165) is 13.0 Å². The van der Waals surface area contributed by atoms with Crippen molar-refractivity contribution in [3.8, 4) is 0 Å². The van der Waals surface area contributed by atoms with Crippen molar-refractivity contribution in [2.24, 2.45) is 18.7 Å². The summed E-state index contributed by atoms with van der Waals surface area (Å²) in [5, 5.41) is 7.26. The maximum absolute atomic E-state index is 10.7. The van der Waals surface area contributed by atoms with Gasteiger partial charge in [0.2, 0.25) is 5.91 Å². The van der Waals surface area contributed by atoms with Crippen LogP contribution in [0.5, 0.6) is 0 Å². The third-order valence-electron chi connectivity index (χ3n) is 2.29. The lowest BCUT2D eigenvalue weighted by molar-refractivity contribution is -0.121. The number of amides is 1. The summed E-state index contributed by atoms with van der Waals surface area (Å²) in [4.78, 5) is 10.7. The summed E-state index contributed by atoms with van der Waals surface area (Å²) < 4.78 is 1.78. The number of rotatable bonds is 6. The van der Waals surface area contributed by atoms with Crippen molar-refractivity contribution in [1.82, 2.24) is 15.1 Å². The van der Waals surface area contributed by atoms with Gasteiger partial charge >= 0.3 is 0 Å². The summed E-state index contributed by atoms with van der Waals surface area (Å²) in [6, 6.07) is 0. The van der Waals surface area contributed by atoms with E-state index in [4.69, 9.17) is 5.73 Å². The third-order valence-corrected chi connectivity index (χ3v) is 2.29. The molecule has 0 saturated carbocycles. The van der Waals surface area contributed by atoms with Gasteiger partial charge in [0.15, 0.2) is 0 Å². The van der Waals surface area contributed by atoms with E-state index in [1.54, 1.807) is 4.68 Å². The molecule has 5 heteroatoms. The highest BCUT2D eigenvalue weighted by molar-refractivity contribution is 5.76. The second-order valence-corrected chi connectivity index (χ2v) is 3.78. The number of nitrogens with one attached hydrogen (secondary N) is 1. The zero-order valence-electron chi connectivity index (χ0n) is 9.23. The SMILES string of the molecule is CC(CNCCc1cnn(C)c1)C(N)=O. The lowest BCUT2D eigenvalue weighted by Gasteiger charge is -2.07. The van der Waals surface area contributed by atoms with Crippen LogP contribution in [0.4, 0.5) is 0 Å². The van der Waals surface area contributed by atoms with Gasteiger partial charge in [-0.3, -0.25) is 9.48 Å². The van der Waals surface area contributed by atoms with Gasteiger partial charge in [0, 0.05) is 25.7 Å². The van der Waals surface area contributed by atoms with Crippen LogP contribution in [0.2, 0.25) is 0 Å². The van der Waals surface area contributed by atoms with Crippen molar-refractivity contribution in [2.75, 3.05) is 13.1 Å². The minimum atomic E-state index is -0.260. The Bertz CT molecular complexity index is 321. The molecule has 1 unspecified atom stereocenters. The first-order valence-corrected chi connectivity index (χ1v) is 5.07. The summed E-state index contributed by atoms with van der Waals surface area (Å²) in [6.45, 7) is 3.29. The predicted octanol–water partition coefficient (Wildman–Crippen LogP) is -0.326. The van der Waals surface area contributed by atoms with Crippen LogP contribution in [0.25, 0.3) is 0 Å². The number of nitrogens with two attached hydrogens (primary N) is 1. The molecule has 1 aromatic rings. The van der Waals surface area contributed by atoms with E-state index in [1.165, 1.54) is 5.56 Å². The number of hydrogen-bond acceptors (Lipinski definition) is 3. The first kappa shape index (κ1) is 11.7. The molecular formula is C10H18N4O. The highest BCUT2D eigenvalue weighted by Gasteiger charge is 2.06. The number of carbonyl (C=O) groups excluding carboxylic acids is 1. The van der Waals surface area contributed by atoms with Crippen LogP contribution in [0.3, 0.4) is 0 Å².